The first kappa shape index (κ1) is 15.8. The van der Waals surface area contributed by atoms with Gasteiger partial charge in [-0.15, -0.1) is 0 Å². The van der Waals surface area contributed by atoms with Crippen molar-refractivity contribution >= 4 is 22.9 Å². The van der Waals surface area contributed by atoms with E-state index in [1.807, 2.05) is 18.3 Å². The summed E-state index contributed by atoms with van der Waals surface area (Å²) < 4.78 is 0. The quantitative estimate of drug-likeness (QED) is 0.856. The fraction of sp³-hybridized carbons (Fsp3) is 0.286. The Morgan fingerprint density at radius 3 is 2.48 bits per heavy atom. The van der Waals surface area contributed by atoms with Gasteiger partial charge in [-0.2, -0.15) is 0 Å². The van der Waals surface area contributed by atoms with Crippen LogP contribution >= 0.6 is 0 Å². The summed E-state index contributed by atoms with van der Waals surface area (Å²) in [4.78, 5) is 17.0. The smallest absolute Gasteiger partial charge is 0.257 e. The molecule has 2 aromatic carbocycles. The van der Waals surface area contributed by atoms with Gasteiger partial charge in [-0.1, -0.05) is 23.8 Å². The summed E-state index contributed by atoms with van der Waals surface area (Å²) in [7, 11) is 0. The van der Waals surface area contributed by atoms with Crippen molar-refractivity contribution in [2.24, 2.45) is 0 Å². The van der Waals surface area contributed by atoms with Gasteiger partial charge in [0.2, 0.25) is 0 Å². The van der Waals surface area contributed by atoms with Gasteiger partial charge in [0.15, 0.2) is 0 Å². The van der Waals surface area contributed by atoms with Crippen LogP contribution in [0.3, 0.4) is 0 Å². The zero-order valence-electron chi connectivity index (χ0n) is 14.7. The Balaban J connectivity index is 1.49. The van der Waals surface area contributed by atoms with Gasteiger partial charge < -0.3 is 15.1 Å². The van der Waals surface area contributed by atoms with E-state index in [0.29, 0.717) is 0 Å². The molecule has 0 spiro atoms. The number of nitrogens with one attached hydrogen (secondary N) is 1. The van der Waals surface area contributed by atoms with Crippen molar-refractivity contribution in [2.75, 3.05) is 36.4 Å². The van der Waals surface area contributed by atoms with Crippen molar-refractivity contribution in [2.45, 2.75) is 13.8 Å². The zero-order valence-corrected chi connectivity index (χ0v) is 14.7. The second-order valence-corrected chi connectivity index (χ2v) is 6.91. The van der Waals surface area contributed by atoms with Crippen molar-refractivity contribution in [3.8, 4) is 0 Å². The first-order valence-electron chi connectivity index (χ1n) is 8.80. The molecule has 4 rings (SSSR count). The lowest BCUT2D eigenvalue weighted by atomic mass is 10.1. The fourth-order valence-electron chi connectivity index (χ4n) is 3.55. The minimum absolute atomic E-state index is 0.00159. The largest absolute Gasteiger partial charge is 0.373 e. The molecule has 128 valence electrons. The van der Waals surface area contributed by atoms with Gasteiger partial charge in [-0.3, -0.25) is 4.79 Å². The first-order chi connectivity index (χ1) is 12.1. The number of amides is 1. The number of carbonyl (C=O) groups excluding carboxylic acids is 1. The molecule has 4 nitrogen and oxygen atoms in total. The number of anilines is 2. The lowest BCUT2D eigenvalue weighted by Crippen LogP contribution is -2.44. The molecule has 1 fully saturated rings. The van der Waals surface area contributed by atoms with Crippen LogP contribution in [0.2, 0.25) is 0 Å². The van der Waals surface area contributed by atoms with Crippen LogP contribution in [0.1, 0.15) is 16.7 Å². The molecule has 0 unspecified atom stereocenters. The predicted molar refractivity (Wildman–Crippen MR) is 103 cm³/mol. The summed E-state index contributed by atoms with van der Waals surface area (Å²) in [6, 6.07) is 14.7. The van der Waals surface area contributed by atoms with E-state index in [1.165, 1.54) is 16.8 Å². The van der Waals surface area contributed by atoms with E-state index in [4.69, 9.17) is 0 Å². The number of aryl methyl sites for hydroxylation is 2. The minimum atomic E-state index is 0.00159. The lowest BCUT2D eigenvalue weighted by Gasteiger charge is -2.36. The van der Waals surface area contributed by atoms with Crippen LogP contribution in [0, 0.1) is 13.8 Å². The molecule has 1 N–H and O–H groups in total. The molecule has 0 saturated carbocycles. The maximum Gasteiger partial charge on any atom is 0.257 e. The number of benzene rings is 2. The summed E-state index contributed by atoms with van der Waals surface area (Å²) in [5.41, 5.74) is 6.46. The number of carbonyl (C=O) groups is 1. The van der Waals surface area contributed by atoms with E-state index in [9.17, 15) is 4.79 Å². The number of rotatable bonds is 2. The lowest BCUT2D eigenvalue weighted by molar-refractivity contribution is -0.110. The fourth-order valence-corrected chi connectivity index (χ4v) is 3.55. The molecular formula is C21H23N3O. The second-order valence-electron chi connectivity index (χ2n) is 6.91. The highest BCUT2D eigenvalue weighted by atomic mass is 16.2. The third kappa shape index (κ3) is 3.12. The van der Waals surface area contributed by atoms with E-state index < -0.39 is 0 Å². The van der Waals surface area contributed by atoms with Crippen LogP contribution < -0.4 is 10.2 Å². The van der Waals surface area contributed by atoms with Crippen LogP contribution in [0.5, 0.6) is 0 Å². The molecule has 4 heteroatoms. The van der Waals surface area contributed by atoms with Gasteiger partial charge in [-0.05, 0) is 43.7 Å². The standard InChI is InChI=1S/C21H23N3O/c1-15-4-3-5-17(12-15)24-10-8-23(9-11-24)14-19-18-13-16(2)6-7-20(18)22-21(19)25/h3-7,12-14H,8-11H2,1-2H3,(H,22,25)/b19-14+. The molecule has 1 saturated heterocycles. The number of hydrogen-bond donors (Lipinski definition) is 1. The molecular weight excluding hydrogens is 310 g/mol. The molecule has 2 heterocycles. The van der Waals surface area contributed by atoms with E-state index in [2.05, 4.69) is 59.3 Å². The van der Waals surface area contributed by atoms with Gasteiger partial charge >= 0.3 is 0 Å². The summed E-state index contributed by atoms with van der Waals surface area (Å²) in [5.74, 6) is 0.00159. The summed E-state index contributed by atoms with van der Waals surface area (Å²) in [6.07, 6.45) is 2.04. The Labute approximate surface area is 148 Å². The Hall–Kier alpha value is -2.75. The number of hydrogen-bond acceptors (Lipinski definition) is 3. The highest BCUT2D eigenvalue weighted by molar-refractivity contribution is 6.31. The predicted octanol–water partition coefficient (Wildman–Crippen LogP) is 3.42. The molecule has 25 heavy (non-hydrogen) atoms. The molecule has 2 aliphatic rings. The third-order valence-corrected chi connectivity index (χ3v) is 4.95. The maximum atomic E-state index is 12.3. The van der Waals surface area contributed by atoms with Gasteiger partial charge in [0.05, 0.1) is 5.57 Å². The van der Waals surface area contributed by atoms with Crippen molar-refractivity contribution < 1.29 is 4.79 Å². The summed E-state index contributed by atoms with van der Waals surface area (Å²) >= 11 is 0. The Bertz CT molecular complexity index is 848. The Kier molecular flexibility index (Phi) is 3.96. The van der Waals surface area contributed by atoms with E-state index >= 15 is 0 Å². The average Bonchev–Trinajstić information content (AvgIpc) is 2.91. The molecule has 2 aliphatic heterocycles. The van der Waals surface area contributed by atoms with Crippen molar-refractivity contribution in [3.05, 3.63) is 65.4 Å². The summed E-state index contributed by atoms with van der Waals surface area (Å²) in [6.45, 7) is 7.96. The highest BCUT2D eigenvalue weighted by Crippen LogP contribution is 2.32. The van der Waals surface area contributed by atoms with Crippen LogP contribution in [0.15, 0.2) is 48.7 Å². The monoisotopic (exact) mass is 333 g/mol. The maximum absolute atomic E-state index is 12.3. The topological polar surface area (TPSA) is 35.6 Å². The van der Waals surface area contributed by atoms with Crippen LogP contribution in [-0.4, -0.2) is 37.0 Å². The van der Waals surface area contributed by atoms with Crippen molar-refractivity contribution in [3.63, 3.8) is 0 Å². The minimum Gasteiger partial charge on any atom is -0.373 e. The Morgan fingerprint density at radius 2 is 1.72 bits per heavy atom. The zero-order chi connectivity index (χ0) is 17.4. The summed E-state index contributed by atoms with van der Waals surface area (Å²) in [5, 5.41) is 2.96. The van der Waals surface area contributed by atoms with E-state index in [0.717, 1.165) is 43.0 Å². The van der Waals surface area contributed by atoms with Crippen LogP contribution in [0.4, 0.5) is 11.4 Å². The normalized spacial score (nSPS) is 18.5. The average molecular weight is 333 g/mol. The molecule has 0 atom stereocenters. The van der Waals surface area contributed by atoms with Crippen molar-refractivity contribution in [1.29, 1.82) is 0 Å². The number of fused-ring (bicyclic) bond motifs is 1. The van der Waals surface area contributed by atoms with Crippen LogP contribution in [-0.2, 0) is 4.79 Å². The molecule has 2 aromatic rings. The molecule has 0 aromatic heterocycles. The second kappa shape index (κ2) is 6.28. The Morgan fingerprint density at radius 1 is 0.960 bits per heavy atom. The number of piperazine rings is 1. The van der Waals surface area contributed by atoms with Gasteiger partial charge in [0.1, 0.15) is 0 Å². The first-order valence-corrected chi connectivity index (χ1v) is 8.80. The SMILES string of the molecule is Cc1cccc(N2CCN(/C=C3/C(=O)Nc4ccc(C)cc43)CC2)c1. The van der Waals surface area contributed by atoms with Gasteiger partial charge in [0.25, 0.3) is 5.91 Å². The highest BCUT2D eigenvalue weighted by Gasteiger charge is 2.25. The third-order valence-electron chi connectivity index (χ3n) is 4.95. The molecule has 0 bridgehead atoms. The van der Waals surface area contributed by atoms with Gasteiger partial charge in [0, 0.05) is 49.3 Å². The molecule has 0 radical (unpaired) electrons. The van der Waals surface area contributed by atoms with Gasteiger partial charge in [-0.25, -0.2) is 0 Å². The van der Waals surface area contributed by atoms with Crippen LogP contribution in [0.25, 0.3) is 5.57 Å². The van der Waals surface area contributed by atoms with Crippen molar-refractivity contribution in [1.82, 2.24) is 4.90 Å². The molecule has 0 aliphatic carbocycles. The number of nitrogens with zero attached hydrogens (tertiary/aromatic N) is 2. The van der Waals surface area contributed by atoms with E-state index in [1.54, 1.807) is 0 Å². The van der Waals surface area contributed by atoms with E-state index in [-0.39, 0.29) is 5.91 Å². The molecule has 1 amide bonds.